The van der Waals surface area contributed by atoms with Crippen molar-refractivity contribution in [2.75, 3.05) is 5.73 Å². The summed E-state index contributed by atoms with van der Waals surface area (Å²) in [6, 6.07) is 9.01. The zero-order valence-electron chi connectivity index (χ0n) is 14.3. The average molecular weight is 488 g/mol. The van der Waals surface area contributed by atoms with Gasteiger partial charge in [0.2, 0.25) is 17.5 Å². The lowest BCUT2D eigenvalue weighted by Crippen LogP contribution is -2.02. The van der Waals surface area contributed by atoms with E-state index in [9.17, 15) is 5.11 Å². The van der Waals surface area contributed by atoms with Gasteiger partial charge < -0.3 is 15.3 Å². The summed E-state index contributed by atoms with van der Waals surface area (Å²) in [7, 11) is 0. The first-order chi connectivity index (χ1) is 13.6. The Balaban J connectivity index is 1.51. The van der Waals surface area contributed by atoms with Gasteiger partial charge in [0, 0.05) is 12.5 Å². The molecule has 5 aromatic rings. The molecular formula is C17H13IN8O2. The molecule has 11 heteroatoms. The highest BCUT2D eigenvalue weighted by molar-refractivity contribution is 14.1. The number of hydrogen-bond donors (Lipinski definition) is 2. The first-order valence-corrected chi connectivity index (χ1v) is 9.46. The monoisotopic (exact) mass is 488 g/mol. The number of aromatic hydroxyl groups is 1. The molecule has 0 radical (unpaired) electrons. The summed E-state index contributed by atoms with van der Waals surface area (Å²) in [5.74, 6) is 1.55. The van der Waals surface area contributed by atoms with Crippen molar-refractivity contribution in [1.29, 1.82) is 0 Å². The highest BCUT2D eigenvalue weighted by Gasteiger charge is 2.17. The van der Waals surface area contributed by atoms with Crippen LogP contribution >= 0.6 is 22.6 Å². The molecule has 0 bridgehead atoms. The Hall–Kier alpha value is -3.22. The van der Waals surface area contributed by atoms with Crippen LogP contribution in [0.2, 0.25) is 0 Å². The molecule has 0 aliphatic carbocycles. The minimum Gasteiger partial charge on any atom is -0.507 e. The molecule has 0 saturated carbocycles. The van der Waals surface area contributed by atoms with Crippen LogP contribution in [-0.4, -0.2) is 39.7 Å². The number of phenols is 1. The van der Waals surface area contributed by atoms with Gasteiger partial charge in [-0.05, 0) is 52.8 Å². The molecule has 5 rings (SSSR count). The van der Waals surface area contributed by atoms with Crippen molar-refractivity contribution in [1.82, 2.24) is 34.6 Å². The number of nitrogens with two attached hydrogens (primary N) is 1. The zero-order valence-corrected chi connectivity index (χ0v) is 16.5. The number of hydrogen-bond acceptors (Lipinski definition) is 8. The molecule has 0 atom stereocenters. The van der Waals surface area contributed by atoms with E-state index < -0.39 is 0 Å². The highest BCUT2D eigenvalue weighted by Crippen LogP contribution is 2.22. The fourth-order valence-corrected chi connectivity index (χ4v) is 3.47. The summed E-state index contributed by atoms with van der Waals surface area (Å²) >= 11 is 2.10. The normalized spacial score (nSPS) is 11.6. The second-order valence-electron chi connectivity index (χ2n) is 6.13. The maximum Gasteiger partial charge on any atom is 0.238 e. The van der Waals surface area contributed by atoms with Crippen LogP contribution in [0.25, 0.3) is 22.7 Å². The van der Waals surface area contributed by atoms with E-state index in [-0.39, 0.29) is 11.7 Å². The van der Waals surface area contributed by atoms with Gasteiger partial charge in [0.1, 0.15) is 5.75 Å². The second kappa shape index (κ2) is 6.44. The van der Waals surface area contributed by atoms with Crippen LogP contribution in [0.15, 0.2) is 41.0 Å². The van der Waals surface area contributed by atoms with Crippen LogP contribution in [0.1, 0.15) is 11.4 Å². The van der Waals surface area contributed by atoms with Gasteiger partial charge in [-0.25, -0.2) is 4.98 Å². The number of benzene rings is 1. The maximum atomic E-state index is 9.65. The Kier molecular flexibility index (Phi) is 3.89. The lowest BCUT2D eigenvalue weighted by Gasteiger charge is -2.01. The number of phenolic OH excluding ortho intramolecular Hbond substituents is 1. The molecule has 0 aliphatic heterocycles. The van der Waals surface area contributed by atoms with Crippen molar-refractivity contribution < 1.29 is 9.52 Å². The number of nitrogen functional groups attached to an aromatic ring is 1. The molecule has 28 heavy (non-hydrogen) atoms. The van der Waals surface area contributed by atoms with Crippen LogP contribution in [0.3, 0.4) is 0 Å². The van der Waals surface area contributed by atoms with Gasteiger partial charge in [-0.3, -0.25) is 0 Å². The van der Waals surface area contributed by atoms with E-state index >= 15 is 0 Å². The van der Waals surface area contributed by atoms with Crippen molar-refractivity contribution in [3.05, 3.63) is 51.6 Å². The molecule has 3 N–H and O–H groups in total. The predicted molar refractivity (Wildman–Crippen MR) is 108 cm³/mol. The quantitative estimate of drug-likeness (QED) is 0.368. The van der Waals surface area contributed by atoms with Crippen molar-refractivity contribution in [3.63, 3.8) is 0 Å². The van der Waals surface area contributed by atoms with Gasteiger partial charge in [-0.15, -0.1) is 20.1 Å². The Morgan fingerprint density at radius 3 is 2.79 bits per heavy atom. The van der Waals surface area contributed by atoms with E-state index in [1.807, 2.05) is 12.1 Å². The molecule has 10 nitrogen and oxygen atoms in total. The molecule has 4 aromatic heterocycles. The first kappa shape index (κ1) is 16.9. The summed E-state index contributed by atoms with van der Waals surface area (Å²) in [6.45, 7) is 0. The van der Waals surface area contributed by atoms with Gasteiger partial charge in [0.15, 0.2) is 17.0 Å². The number of nitrogens with zero attached hydrogens (tertiary/aromatic N) is 7. The molecule has 0 fully saturated rings. The Labute approximate surface area is 171 Å². The zero-order chi connectivity index (χ0) is 19.3. The van der Waals surface area contributed by atoms with Gasteiger partial charge in [0.05, 0.1) is 9.83 Å². The minimum absolute atomic E-state index is 0.187. The number of fused-ring (bicyclic) bond motifs is 3. The molecule has 0 aliphatic rings. The summed E-state index contributed by atoms with van der Waals surface area (Å²) in [5.41, 5.74) is 8.47. The van der Waals surface area contributed by atoms with E-state index in [2.05, 4.69) is 47.9 Å². The van der Waals surface area contributed by atoms with Crippen molar-refractivity contribution in [3.8, 4) is 11.6 Å². The SMILES string of the molecule is Nc1nc2nn(-c3ccco3)nc2c2nc(CCc3ccc(O)c(I)c3)nn12. The summed E-state index contributed by atoms with van der Waals surface area (Å²) < 4.78 is 7.60. The largest absolute Gasteiger partial charge is 0.507 e. The van der Waals surface area contributed by atoms with Crippen LogP contribution in [0.5, 0.6) is 5.75 Å². The van der Waals surface area contributed by atoms with Gasteiger partial charge in [-0.2, -0.15) is 9.50 Å². The third kappa shape index (κ3) is 2.83. The molecule has 0 saturated heterocycles. The molecule has 0 spiro atoms. The van der Waals surface area contributed by atoms with Crippen LogP contribution in [0.4, 0.5) is 5.95 Å². The number of aryl methyl sites for hydroxylation is 2. The average Bonchev–Trinajstić information content (AvgIpc) is 3.41. The van der Waals surface area contributed by atoms with Crippen LogP contribution in [0, 0.1) is 3.57 Å². The summed E-state index contributed by atoms with van der Waals surface area (Å²) in [6.07, 6.45) is 2.87. The number of furan rings is 1. The third-order valence-corrected chi connectivity index (χ3v) is 5.11. The fourth-order valence-electron chi connectivity index (χ4n) is 2.89. The number of anilines is 1. The Morgan fingerprint density at radius 2 is 2.00 bits per heavy atom. The molecule has 1 aromatic carbocycles. The van der Waals surface area contributed by atoms with Crippen molar-refractivity contribution in [2.24, 2.45) is 0 Å². The molecule has 0 unspecified atom stereocenters. The van der Waals surface area contributed by atoms with E-state index in [0.717, 1.165) is 15.6 Å². The van der Waals surface area contributed by atoms with E-state index in [4.69, 9.17) is 10.2 Å². The van der Waals surface area contributed by atoms with Gasteiger partial charge in [0.25, 0.3) is 0 Å². The maximum absolute atomic E-state index is 9.65. The number of aromatic nitrogens is 7. The predicted octanol–water partition coefficient (Wildman–Crippen LogP) is 2.13. The van der Waals surface area contributed by atoms with Crippen molar-refractivity contribution >= 4 is 45.4 Å². The Morgan fingerprint density at radius 1 is 1.11 bits per heavy atom. The Bertz CT molecular complexity index is 1310. The highest BCUT2D eigenvalue weighted by atomic mass is 127. The van der Waals surface area contributed by atoms with E-state index in [1.54, 1.807) is 24.5 Å². The minimum atomic E-state index is 0.187. The lowest BCUT2D eigenvalue weighted by molar-refractivity contribution is 0.471. The van der Waals surface area contributed by atoms with Gasteiger partial charge in [-0.1, -0.05) is 6.07 Å². The van der Waals surface area contributed by atoms with Gasteiger partial charge >= 0.3 is 0 Å². The summed E-state index contributed by atoms with van der Waals surface area (Å²) in [5, 5.41) is 22.8. The molecule has 140 valence electrons. The van der Waals surface area contributed by atoms with E-state index in [1.165, 1.54) is 9.31 Å². The van der Waals surface area contributed by atoms with Crippen LogP contribution in [-0.2, 0) is 12.8 Å². The molecule has 4 heterocycles. The third-order valence-electron chi connectivity index (χ3n) is 4.25. The topological polar surface area (TPSA) is 133 Å². The second-order valence-corrected chi connectivity index (χ2v) is 7.29. The number of rotatable bonds is 4. The summed E-state index contributed by atoms with van der Waals surface area (Å²) in [4.78, 5) is 10.2. The van der Waals surface area contributed by atoms with Crippen LogP contribution < -0.4 is 5.73 Å². The molecular weight excluding hydrogens is 475 g/mol. The smallest absolute Gasteiger partial charge is 0.238 e. The standard InChI is InChI=1S/C17H13IN8O2/c18-10-8-9(3-5-11(10)27)4-6-12-20-16-14-15(21-17(19)25(16)22-12)24-26(23-14)13-2-1-7-28-13/h1-3,5,7-8,27H,4,6H2,(H2,19,21,24). The van der Waals surface area contributed by atoms with Crippen molar-refractivity contribution in [2.45, 2.75) is 12.8 Å². The molecule has 0 amide bonds. The first-order valence-electron chi connectivity index (χ1n) is 8.38. The fraction of sp³-hybridized carbons (Fsp3) is 0.118. The lowest BCUT2D eigenvalue weighted by atomic mass is 10.1. The van der Waals surface area contributed by atoms with E-state index in [0.29, 0.717) is 34.9 Å². The number of halogens is 1.